The van der Waals surface area contributed by atoms with E-state index in [1.807, 2.05) is 42.8 Å². The van der Waals surface area contributed by atoms with Gasteiger partial charge in [-0.05, 0) is 32.3 Å². The van der Waals surface area contributed by atoms with E-state index in [2.05, 4.69) is 22.5 Å². The molecule has 1 unspecified atom stereocenters. The number of hydrogen-bond donors (Lipinski definition) is 2. The maximum atomic E-state index is 5.71. The molecular weight excluding hydrogens is 240 g/mol. The predicted molar refractivity (Wildman–Crippen MR) is 74.3 cm³/mol. The van der Waals surface area contributed by atoms with E-state index in [-0.39, 0.29) is 6.04 Å². The van der Waals surface area contributed by atoms with Crippen LogP contribution in [-0.2, 0) is 20.5 Å². The Morgan fingerprint density at radius 2 is 2.11 bits per heavy atom. The van der Waals surface area contributed by atoms with Crippen molar-refractivity contribution in [3.05, 3.63) is 34.9 Å². The number of nitrogens with zero attached hydrogens (tertiary/aromatic N) is 4. The van der Waals surface area contributed by atoms with Gasteiger partial charge in [-0.25, -0.2) is 0 Å². The summed E-state index contributed by atoms with van der Waals surface area (Å²) < 4.78 is 3.72. The molecule has 0 aliphatic heterocycles. The van der Waals surface area contributed by atoms with Gasteiger partial charge in [0, 0.05) is 37.6 Å². The molecule has 0 aliphatic rings. The average molecular weight is 262 g/mol. The van der Waals surface area contributed by atoms with Crippen molar-refractivity contribution in [2.24, 2.45) is 19.9 Å². The number of rotatable bonds is 5. The van der Waals surface area contributed by atoms with Crippen molar-refractivity contribution < 1.29 is 0 Å². The van der Waals surface area contributed by atoms with Gasteiger partial charge in [-0.15, -0.1) is 0 Å². The lowest BCUT2D eigenvalue weighted by Crippen LogP contribution is -2.29. The molecule has 6 nitrogen and oxygen atoms in total. The van der Waals surface area contributed by atoms with Crippen molar-refractivity contribution >= 4 is 0 Å². The van der Waals surface area contributed by atoms with Crippen LogP contribution in [0, 0.1) is 13.8 Å². The Morgan fingerprint density at radius 1 is 1.37 bits per heavy atom. The highest BCUT2D eigenvalue weighted by molar-refractivity contribution is 5.28. The van der Waals surface area contributed by atoms with E-state index in [1.165, 1.54) is 11.1 Å². The summed E-state index contributed by atoms with van der Waals surface area (Å²) in [5.74, 6) is 5.71. The lowest BCUT2D eigenvalue weighted by molar-refractivity contribution is 0.511. The van der Waals surface area contributed by atoms with Crippen molar-refractivity contribution in [1.29, 1.82) is 0 Å². The Kier molecular flexibility index (Phi) is 4.01. The first-order chi connectivity index (χ1) is 9.02. The molecular formula is C13H22N6. The summed E-state index contributed by atoms with van der Waals surface area (Å²) in [5.41, 5.74) is 7.53. The van der Waals surface area contributed by atoms with E-state index >= 15 is 0 Å². The fraction of sp³-hybridized carbons (Fsp3) is 0.538. The molecule has 0 saturated heterocycles. The van der Waals surface area contributed by atoms with Gasteiger partial charge in [0.05, 0.1) is 11.9 Å². The Bertz CT molecular complexity index is 553. The highest BCUT2D eigenvalue weighted by Gasteiger charge is 2.19. The highest BCUT2D eigenvalue weighted by atomic mass is 15.3. The molecule has 19 heavy (non-hydrogen) atoms. The molecule has 0 amide bonds. The largest absolute Gasteiger partial charge is 0.276 e. The van der Waals surface area contributed by atoms with Crippen LogP contribution in [-0.4, -0.2) is 19.6 Å². The number of nitrogens with one attached hydrogen (secondary N) is 1. The first-order valence-electron chi connectivity index (χ1n) is 6.46. The second-order valence-electron chi connectivity index (χ2n) is 4.99. The molecule has 0 radical (unpaired) electrons. The van der Waals surface area contributed by atoms with Crippen LogP contribution in [0.5, 0.6) is 0 Å². The molecule has 0 spiro atoms. The van der Waals surface area contributed by atoms with E-state index in [1.54, 1.807) is 0 Å². The van der Waals surface area contributed by atoms with Crippen LogP contribution in [0.1, 0.15) is 35.0 Å². The first kappa shape index (κ1) is 13.8. The minimum atomic E-state index is 0.119. The number of hydrazine groups is 1. The third-order valence-electron chi connectivity index (χ3n) is 3.59. The van der Waals surface area contributed by atoms with Gasteiger partial charge >= 0.3 is 0 Å². The third-order valence-corrected chi connectivity index (χ3v) is 3.59. The standard InChI is InChI=1S/C13H22N6/c1-9-13(10(2)19(4)17-9)12(16-14)6-5-11-7-15-18(3)8-11/h7-8,12,16H,5-6,14H2,1-4H3. The second kappa shape index (κ2) is 5.54. The molecule has 2 aromatic heterocycles. The Hall–Kier alpha value is -1.66. The number of hydrogen-bond acceptors (Lipinski definition) is 4. The summed E-state index contributed by atoms with van der Waals surface area (Å²) >= 11 is 0. The zero-order valence-corrected chi connectivity index (χ0v) is 12.0. The fourth-order valence-electron chi connectivity index (χ4n) is 2.52. The fourth-order valence-corrected chi connectivity index (χ4v) is 2.52. The minimum absolute atomic E-state index is 0.119. The van der Waals surface area contributed by atoms with Gasteiger partial charge in [-0.3, -0.25) is 20.6 Å². The Balaban J connectivity index is 2.12. The van der Waals surface area contributed by atoms with Crippen molar-refractivity contribution in [3.63, 3.8) is 0 Å². The summed E-state index contributed by atoms with van der Waals surface area (Å²) in [6.45, 7) is 4.10. The molecule has 0 fully saturated rings. The highest BCUT2D eigenvalue weighted by Crippen LogP contribution is 2.24. The summed E-state index contributed by atoms with van der Waals surface area (Å²) in [4.78, 5) is 0. The normalized spacial score (nSPS) is 12.9. The topological polar surface area (TPSA) is 73.7 Å². The molecule has 0 aliphatic carbocycles. The summed E-state index contributed by atoms with van der Waals surface area (Å²) in [6, 6.07) is 0.119. The molecule has 2 aromatic rings. The van der Waals surface area contributed by atoms with Crippen LogP contribution in [0.25, 0.3) is 0 Å². The van der Waals surface area contributed by atoms with Crippen molar-refractivity contribution in [3.8, 4) is 0 Å². The van der Waals surface area contributed by atoms with Crippen LogP contribution in [0.15, 0.2) is 12.4 Å². The van der Waals surface area contributed by atoms with Crippen LogP contribution in [0.3, 0.4) is 0 Å². The van der Waals surface area contributed by atoms with E-state index in [9.17, 15) is 0 Å². The van der Waals surface area contributed by atoms with Gasteiger partial charge in [0.15, 0.2) is 0 Å². The van der Waals surface area contributed by atoms with Crippen molar-refractivity contribution in [1.82, 2.24) is 25.0 Å². The monoisotopic (exact) mass is 262 g/mol. The molecule has 1 atom stereocenters. The summed E-state index contributed by atoms with van der Waals surface area (Å²) in [5, 5.41) is 8.62. The van der Waals surface area contributed by atoms with Crippen LogP contribution < -0.4 is 11.3 Å². The molecule has 3 N–H and O–H groups in total. The van der Waals surface area contributed by atoms with Gasteiger partial charge in [0.2, 0.25) is 0 Å². The van der Waals surface area contributed by atoms with Gasteiger partial charge < -0.3 is 0 Å². The van der Waals surface area contributed by atoms with Crippen molar-refractivity contribution in [2.75, 3.05) is 0 Å². The van der Waals surface area contributed by atoms with E-state index in [0.717, 1.165) is 24.2 Å². The van der Waals surface area contributed by atoms with E-state index < -0.39 is 0 Å². The molecule has 2 heterocycles. The number of aryl methyl sites for hydroxylation is 4. The quantitative estimate of drug-likeness (QED) is 0.620. The van der Waals surface area contributed by atoms with Crippen LogP contribution >= 0.6 is 0 Å². The van der Waals surface area contributed by atoms with E-state index in [4.69, 9.17) is 5.84 Å². The zero-order valence-electron chi connectivity index (χ0n) is 12.0. The van der Waals surface area contributed by atoms with Gasteiger partial charge in [0.1, 0.15) is 0 Å². The van der Waals surface area contributed by atoms with Gasteiger partial charge in [-0.1, -0.05) is 0 Å². The second-order valence-corrected chi connectivity index (χ2v) is 4.99. The molecule has 104 valence electrons. The molecule has 6 heteroatoms. The van der Waals surface area contributed by atoms with E-state index in [0.29, 0.717) is 0 Å². The zero-order chi connectivity index (χ0) is 14.0. The summed E-state index contributed by atoms with van der Waals surface area (Å²) in [7, 11) is 3.89. The summed E-state index contributed by atoms with van der Waals surface area (Å²) in [6.07, 6.45) is 5.80. The Labute approximate surface area is 113 Å². The van der Waals surface area contributed by atoms with Crippen LogP contribution in [0.4, 0.5) is 0 Å². The SMILES string of the molecule is Cc1nn(C)c(C)c1C(CCc1cnn(C)c1)NN. The number of aromatic nitrogens is 4. The van der Waals surface area contributed by atoms with Crippen molar-refractivity contribution in [2.45, 2.75) is 32.7 Å². The maximum absolute atomic E-state index is 5.71. The van der Waals surface area contributed by atoms with Gasteiger partial charge in [-0.2, -0.15) is 10.2 Å². The minimum Gasteiger partial charge on any atom is -0.276 e. The lowest BCUT2D eigenvalue weighted by atomic mass is 9.99. The molecule has 0 bridgehead atoms. The number of nitrogens with two attached hydrogens (primary N) is 1. The average Bonchev–Trinajstić information content (AvgIpc) is 2.88. The first-order valence-corrected chi connectivity index (χ1v) is 6.46. The molecule has 0 saturated carbocycles. The van der Waals surface area contributed by atoms with Gasteiger partial charge in [0.25, 0.3) is 0 Å². The Morgan fingerprint density at radius 3 is 2.58 bits per heavy atom. The molecule has 2 rings (SSSR count). The smallest absolute Gasteiger partial charge is 0.0644 e. The maximum Gasteiger partial charge on any atom is 0.0644 e. The third kappa shape index (κ3) is 2.85. The molecule has 0 aromatic carbocycles. The van der Waals surface area contributed by atoms with Crippen LogP contribution in [0.2, 0.25) is 0 Å². The predicted octanol–water partition coefficient (Wildman–Crippen LogP) is 0.908. The lowest BCUT2D eigenvalue weighted by Gasteiger charge is -2.16.